The summed E-state index contributed by atoms with van der Waals surface area (Å²) in [6, 6.07) is 12.8. The normalized spacial score (nSPS) is 17.4. The number of pyridine rings is 1. The molecule has 4 rings (SSSR count). The number of nitrogens with one attached hydrogen (secondary N) is 1. The Morgan fingerprint density at radius 1 is 1.18 bits per heavy atom. The van der Waals surface area contributed by atoms with E-state index in [1.165, 1.54) is 6.07 Å². The molecule has 0 spiro atoms. The molecular formula is C22H24FN5. The number of likely N-dealkylation sites (tertiary alicyclic amines) is 1. The van der Waals surface area contributed by atoms with Crippen molar-refractivity contribution in [1.29, 1.82) is 0 Å². The zero-order chi connectivity index (χ0) is 19.3. The molecule has 1 aliphatic rings. The molecule has 6 heteroatoms. The van der Waals surface area contributed by atoms with Crippen molar-refractivity contribution >= 4 is 5.82 Å². The fourth-order valence-electron chi connectivity index (χ4n) is 3.76. The van der Waals surface area contributed by atoms with Crippen LogP contribution in [0.2, 0.25) is 0 Å². The van der Waals surface area contributed by atoms with E-state index < -0.39 is 0 Å². The minimum Gasteiger partial charge on any atom is -0.373 e. The van der Waals surface area contributed by atoms with Crippen molar-refractivity contribution in [2.45, 2.75) is 25.3 Å². The molecule has 1 saturated heterocycles. The van der Waals surface area contributed by atoms with Crippen LogP contribution in [0.1, 0.15) is 30.0 Å². The van der Waals surface area contributed by atoms with Crippen LogP contribution in [0.25, 0.3) is 11.4 Å². The molecule has 0 amide bonds. The van der Waals surface area contributed by atoms with Gasteiger partial charge in [-0.25, -0.2) is 14.4 Å². The van der Waals surface area contributed by atoms with E-state index in [4.69, 9.17) is 4.98 Å². The Morgan fingerprint density at radius 2 is 2.11 bits per heavy atom. The smallest absolute Gasteiger partial charge is 0.163 e. The lowest BCUT2D eigenvalue weighted by Crippen LogP contribution is -2.34. The number of nitrogens with zero attached hydrogens (tertiary/aromatic N) is 4. The summed E-state index contributed by atoms with van der Waals surface area (Å²) in [5, 5.41) is 3.15. The summed E-state index contributed by atoms with van der Waals surface area (Å²) >= 11 is 0. The summed E-state index contributed by atoms with van der Waals surface area (Å²) in [5.41, 5.74) is 2.96. The van der Waals surface area contributed by atoms with Crippen LogP contribution in [0.5, 0.6) is 0 Å². The molecular weight excluding hydrogens is 353 g/mol. The van der Waals surface area contributed by atoms with Crippen LogP contribution in [0.15, 0.2) is 54.9 Å². The predicted molar refractivity (Wildman–Crippen MR) is 108 cm³/mol. The highest BCUT2D eigenvalue weighted by Crippen LogP contribution is 2.29. The van der Waals surface area contributed by atoms with Crippen molar-refractivity contribution in [2.24, 2.45) is 0 Å². The first-order valence-corrected chi connectivity index (χ1v) is 9.65. The number of piperidine rings is 1. The Morgan fingerprint density at radius 3 is 2.89 bits per heavy atom. The van der Waals surface area contributed by atoms with Crippen LogP contribution >= 0.6 is 0 Å². The summed E-state index contributed by atoms with van der Waals surface area (Å²) in [4.78, 5) is 16.0. The van der Waals surface area contributed by atoms with Gasteiger partial charge in [-0.2, -0.15) is 0 Å². The number of hydrogen-bond acceptors (Lipinski definition) is 5. The van der Waals surface area contributed by atoms with Crippen molar-refractivity contribution in [3.8, 4) is 11.4 Å². The van der Waals surface area contributed by atoms with E-state index >= 15 is 0 Å². The van der Waals surface area contributed by atoms with Gasteiger partial charge >= 0.3 is 0 Å². The quantitative estimate of drug-likeness (QED) is 0.726. The molecule has 28 heavy (non-hydrogen) atoms. The Balaban J connectivity index is 1.56. The van der Waals surface area contributed by atoms with Crippen molar-refractivity contribution < 1.29 is 4.39 Å². The second-order valence-corrected chi connectivity index (χ2v) is 7.20. The maximum atomic E-state index is 13.5. The van der Waals surface area contributed by atoms with Crippen LogP contribution in [-0.4, -0.2) is 40.0 Å². The van der Waals surface area contributed by atoms with E-state index in [0.717, 1.165) is 55.1 Å². The molecule has 144 valence electrons. The Bertz CT molecular complexity index is 931. The fraction of sp³-hybridized carbons (Fsp3) is 0.318. The van der Waals surface area contributed by atoms with Crippen LogP contribution in [0.4, 0.5) is 10.2 Å². The second-order valence-electron chi connectivity index (χ2n) is 7.20. The molecule has 3 aromatic rings. The molecule has 0 aliphatic carbocycles. The lowest BCUT2D eigenvalue weighted by molar-refractivity contribution is 0.198. The van der Waals surface area contributed by atoms with Gasteiger partial charge in [0.05, 0.1) is 5.69 Å². The van der Waals surface area contributed by atoms with Crippen LogP contribution in [0, 0.1) is 5.82 Å². The summed E-state index contributed by atoms with van der Waals surface area (Å²) in [6.45, 7) is 2.68. The van der Waals surface area contributed by atoms with E-state index in [0.29, 0.717) is 11.7 Å². The topological polar surface area (TPSA) is 53.9 Å². The third-order valence-corrected chi connectivity index (χ3v) is 5.14. The van der Waals surface area contributed by atoms with Crippen molar-refractivity contribution in [3.63, 3.8) is 0 Å². The number of benzene rings is 1. The first-order chi connectivity index (χ1) is 13.7. The molecule has 1 aliphatic heterocycles. The zero-order valence-electron chi connectivity index (χ0n) is 16.0. The van der Waals surface area contributed by atoms with E-state index in [1.807, 2.05) is 31.3 Å². The van der Waals surface area contributed by atoms with Gasteiger partial charge in [0.25, 0.3) is 0 Å². The van der Waals surface area contributed by atoms with Gasteiger partial charge < -0.3 is 5.32 Å². The average molecular weight is 377 g/mol. The largest absolute Gasteiger partial charge is 0.373 e. The third kappa shape index (κ3) is 4.34. The number of rotatable bonds is 5. The van der Waals surface area contributed by atoms with Crippen molar-refractivity contribution in [2.75, 3.05) is 25.5 Å². The molecule has 1 fully saturated rings. The molecule has 1 N–H and O–H groups in total. The number of anilines is 1. The molecule has 0 radical (unpaired) electrons. The van der Waals surface area contributed by atoms with Crippen molar-refractivity contribution in [3.05, 3.63) is 71.9 Å². The molecule has 0 bridgehead atoms. The van der Waals surface area contributed by atoms with E-state index in [-0.39, 0.29) is 5.82 Å². The van der Waals surface area contributed by atoms with Gasteiger partial charge in [0, 0.05) is 50.1 Å². The fourth-order valence-corrected chi connectivity index (χ4v) is 3.76. The van der Waals surface area contributed by atoms with E-state index in [2.05, 4.69) is 20.2 Å². The predicted octanol–water partition coefficient (Wildman–Crippen LogP) is 4.10. The van der Waals surface area contributed by atoms with Gasteiger partial charge in [-0.15, -0.1) is 0 Å². The van der Waals surface area contributed by atoms with Crippen LogP contribution in [-0.2, 0) is 6.54 Å². The van der Waals surface area contributed by atoms with Gasteiger partial charge in [0.15, 0.2) is 5.82 Å². The van der Waals surface area contributed by atoms with Gasteiger partial charge in [-0.3, -0.25) is 9.88 Å². The Kier molecular flexibility index (Phi) is 5.58. The molecule has 2 aromatic heterocycles. The molecule has 1 aromatic carbocycles. The zero-order valence-corrected chi connectivity index (χ0v) is 16.0. The third-order valence-electron chi connectivity index (χ3n) is 5.14. The lowest BCUT2D eigenvalue weighted by atomic mass is 9.94. The lowest BCUT2D eigenvalue weighted by Gasteiger charge is -2.32. The van der Waals surface area contributed by atoms with E-state index in [9.17, 15) is 4.39 Å². The average Bonchev–Trinajstić information content (AvgIpc) is 2.74. The molecule has 0 saturated carbocycles. The van der Waals surface area contributed by atoms with Gasteiger partial charge in [0.2, 0.25) is 0 Å². The number of halogens is 1. The van der Waals surface area contributed by atoms with E-state index in [1.54, 1.807) is 24.5 Å². The maximum Gasteiger partial charge on any atom is 0.163 e. The van der Waals surface area contributed by atoms with Gasteiger partial charge in [-0.05, 0) is 49.2 Å². The maximum absolute atomic E-state index is 13.5. The minimum absolute atomic E-state index is 0.179. The molecule has 5 nitrogen and oxygen atoms in total. The highest BCUT2D eigenvalue weighted by atomic mass is 19.1. The molecule has 3 heterocycles. The monoisotopic (exact) mass is 377 g/mol. The summed E-state index contributed by atoms with van der Waals surface area (Å²) in [7, 11) is 1.87. The van der Waals surface area contributed by atoms with Gasteiger partial charge in [-0.1, -0.05) is 12.1 Å². The van der Waals surface area contributed by atoms with Crippen LogP contribution in [0.3, 0.4) is 0 Å². The highest BCUT2D eigenvalue weighted by molar-refractivity contribution is 5.56. The van der Waals surface area contributed by atoms with Crippen molar-refractivity contribution in [1.82, 2.24) is 19.9 Å². The molecule has 0 unspecified atom stereocenters. The minimum atomic E-state index is -0.179. The molecule has 1 atom stereocenters. The summed E-state index contributed by atoms with van der Waals surface area (Å²) in [6.07, 6.45) is 5.72. The first-order valence-electron chi connectivity index (χ1n) is 9.65. The number of hydrogen-bond donors (Lipinski definition) is 1. The second kappa shape index (κ2) is 8.44. The summed E-state index contributed by atoms with van der Waals surface area (Å²) in [5.74, 6) is 1.65. The van der Waals surface area contributed by atoms with Gasteiger partial charge in [0.1, 0.15) is 11.6 Å². The Hall–Kier alpha value is -2.86. The Labute approximate surface area is 164 Å². The van der Waals surface area contributed by atoms with Crippen LogP contribution < -0.4 is 5.32 Å². The first kappa shape index (κ1) is 18.5. The summed E-state index contributed by atoms with van der Waals surface area (Å²) < 4.78 is 13.5. The SMILES string of the molecule is CNc1cc([C@@H]2CCCN(Cc3cccc(F)c3)C2)nc(-c2cccnc2)n1. The standard InChI is InChI=1S/C22H24FN5/c1-24-21-12-20(26-22(27-21)17-6-3-9-25-13-17)18-7-4-10-28(15-18)14-16-5-2-8-19(23)11-16/h2-3,5-6,8-9,11-13,18H,4,7,10,14-15H2,1H3,(H,24,26,27)/t18-/m1/s1. The number of aromatic nitrogens is 3. The highest BCUT2D eigenvalue weighted by Gasteiger charge is 2.24.